The number of hydrogen-bond donors (Lipinski definition) is 0. The minimum Gasteiger partial charge on any atom is -0.444 e. The SMILES string of the molecule is CN(C(=O)OC(C)(C)C)C1CCN(c2nc3ccccc3nc2Cl)CC1. The van der Waals surface area contributed by atoms with Crippen molar-refractivity contribution in [1.82, 2.24) is 14.9 Å². The molecule has 0 unspecified atom stereocenters. The highest BCUT2D eigenvalue weighted by atomic mass is 35.5. The summed E-state index contributed by atoms with van der Waals surface area (Å²) in [6, 6.07) is 7.85. The molecule has 7 heteroatoms. The van der Waals surface area contributed by atoms with Gasteiger partial charge in [0.05, 0.1) is 11.0 Å². The van der Waals surface area contributed by atoms with E-state index in [1.54, 1.807) is 11.9 Å². The zero-order valence-electron chi connectivity index (χ0n) is 15.7. The van der Waals surface area contributed by atoms with Crippen LogP contribution in [-0.2, 0) is 4.74 Å². The topological polar surface area (TPSA) is 58.6 Å². The lowest BCUT2D eigenvalue weighted by atomic mass is 10.0. The number of fused-ring (bicyclic) bond motifs is 1. The average Bonchev–Trinajstić information content (AvgIpc) is 2.59. The van der Waals surface area contributed by atoms with Gasteiger partial charge in [-0.2, -0.15) is 0 Å². The Hall–Kier alpha value is -2.08. The summed E-state index contributed by atoms with van der Waals surface area (Å²) in [5.41, 5.74) is 1.14. The predicted octanol–water partition coefficient (Wildman–Crippen LogP) is 4.12. The molecule has 0 atom stereocenters. The third-order valence-electron chi connectivity index (χ3n) is 4.50. The zero-order valence-corrected chi connectivity index (χ0v) is 16.5. The quantitative estimate of drug-likeness (QED) is 0.789. The van der Waals surface area contributed by atoms with Crippen molar-refractivity contribution in [2.24, 2.45) is 0 Å². The first-order chi connectivity index (χ1) is 12.2. The molecule has 6 nitrogen and oxygen atoms in total. The van der Waals surface area contributed by atoms with E-state index in [0.717, 1.165) is 37.0 Å². The Bertz CT molecular complexity index is 798. The van der Waals surface area contributed by atoms with Gasteiger partial charge in [0.15, 0.2) is 11.0 Å². The maximum Gasteiger partial charge on any atom is 0.410 e. The third kappa shape index (κ3) is 4.18. The van der Waals surface area contributed by atoms with Gasteiger partial charge in [0, 0.05) is 26.2 Å². The van der Waals surface area contributed by atoms with E-state index in [1.807, 2.05) is 45.0 Å². The zero-order chi connectivity index (χ0) is 18.9. The van der Waals surface area contributed by atoms with Crippen LogP contribution in [-0.4, -0.2) is 52.7 Å². The van der Waals surface area contributed by atoms with Crippen molar-refractivity contribution in [2.45, 2.75) is 45.3 Å². The molecule has 3 rings (SSSR count). The van der Waals surface area contributed by atoms with Crippen LogP contribution in [0, 0.1) is 0 Å². The van der Waals surface area contributed by atoms with Gasteiger partial charge >= 0.3 is 6.09 Å². The molecule has 0 bridgehead atoms. The highest BCUT2D eigenvalue weighted by Gasteiger charge is 2.29. The number of carbonyl (C=O) groups is 1. The fourth-order valence-corrected chi connectivity index (χ4v) is 3.37. The Morgan fingerprint density at radius 3 is 2.35 bits per heavy atom. The van der Waals surface area contributed by atoms with E-state index in [4.69, 9.17) is 16.3 Å². The Labute approximate surface area is 159 Å². The lowest BCUT2D eigenvalue weighted by Gasteiger charge is -2.37. The van der Waals surface area contributed by atoms with Crippen LogP contribution in [0.1, 0.15) is 33.6 Å². The number of benzene rings is 1. The summed E-state index contributed by atoms with van der Waals surface area (Å²) in [6.45, 7) is 7.17. The first-order valence-corrected chi connectivity index (χ1v) is 9.25. The molecule has 140 valence electrons. The molecule has 1 aliphatic heterocycles. The van der Waals surface area contributed by atoms with Crippen molar-refractivity contribution in [3.63, 3.8) is 0 Å². The maximum atomic E-state index is 12.3. The van der Waals surface area contributed by atoms with Gasteiger partial charge < -0.3 is 14.5 Å². The van der Waals surface area contributed by atoms with Gasteiger partial charge in [-0.15, -0.1) is 0 Å². The van der Waals surface area contributed by atoms with Crippen LogP contribution in [0.15, 0.2) is 24.3 Å². The van der Waals surface area contributed by atoms with Crippen molar-refractivity contribution < 1.29 is 9.53 Å². The average molecular weight is 377 g/mol. The van der Waals surface area contributed by atoms with Crippen molar-refractivity contribution >= 4 is 34.5 Å². The second-order valence-corrected chi connectivity index (χ2v) is 7.99. The maximum absolute atomic E-state index is 12.3. The van der Waals surface area contributed by atoms with Gasteiger partial charge in [0.2, 0.25) is 0 Å². The fourth-order valence-electron chi connectivity index (χ4n) is 3.12. The third-order valence-corrected chi connectivity index (χ3v) is 4.76. The molecule has 0 saturated carbocycles. The molecule has 1 aromatic heterocycles. The van der Waals surface area contributed by atoms with E-state index >= 15 is 0 Å². The molecule has 1 saturated heterocycles. The molecule has 26 heavy (non-hydrogen) atoms. The van der Waals surface area contributed by atoms with Gasteiger partial charge in [-0.3, -0.25) is 0 Å². The molecule has 2 heterocycles. The summed E-state index contributed by atoms with van der Waals surface area (Å²) in [4.78, 5) is 25.2. The molecule has 1 fully saturated rings. The van der Waals surface area contributed by atoms with Crippen LogP contribution in [0.3, 0.4) is 0 Å². The van der Waals surface area contributed by atoms with Crippen molar-refractivity contribution in [3.05, 3.63) is 29.4 Å². The summed E-state index contributed by atoms with van der Waals surface area (Å²) in [6.07, 6.45) is 1.39. The Morgan fingerprint density at radius 1 is 1.19 bits per heavy atom. The van der Waals surface area contributed by atoms with Crippen LogP contribution in [0.5, 0.6) is 0 Å². The summed E-state index contributed by atoms with van der Waals surface area (Å²) < 4.78 is 5.46. The number of aromatic nitrogens is 2. The Kier molecular flexibility index (Phi) is 5.23. The van der Waals surface area contributed by atoms with Gasteiger partial charge in [-0.1, -0.05) is 23.7 Å². The van der Waals surface area contributed by atoms with Gasteiger partial charge in [-0.25, -0.2) is 14.8 Å². The van der Waals surface area contributed by atoms with Crippen LogP contribution in [0.25, 0.3) is 11.0 Å². The monoisotopic (exact) mass is 376 g/mol. The van der Waals surface area contributed by atoms with E-state index in [9.17, 15) is 4.79 Å². The van der Waals surface area contributed by atoms with Gasteiger partial charge in [0.1, 0.15) is 5.60 Å². The number of para-hydroxylation sites is 2. The number of rotatable bonds is 2. The van der Waals surface area contributed by atoms with E-state index in [2.05, 4.69) is 14.9 Å². The Balaban J connectivity index is 1.67. The smallest absolute Gasteiger partial charge is 0.410 e. The van der Waals surface area contributed by atoms with Crippen molar-refractivity contribution in [3.8, 4) is 0 Å². The summed E-state index contributed by atoms with van der Waals surface area (Å²) in [5, 5.41) is 0.419. The highest BCUT2D eigenvalue weighted by Crippen LogP contribution is 2.28. The number of piperidine rings is 1. The predicted molar refractivity (Wildman–Crippen MR) is 104 cm³/mol. The number of nitrogens with zero attached hydrogens (tertiary/aromatic N) is 4. The lowest BCUT2D eigenvalue weighted by molar-refractivity contribution is 0.0201. The molecule has 1 amide bonds. The molecule has 1 aliphatic rings. The number of carbonyl (C=O) groups excluding carboxylic acids is 1. The van der Waals surface area contributed by atoms with Crippen LogP contribution in [0.2, 0.25) is 5.15 Å². The number of hydrogen-bond acceptors (Lipinski definition) is 5. The number of halogens is 1. The van der Waals surface area contributed by atoms with Crippen LogP contribution in [0.4, 0.5) is 10.6 Å². The standard InChI is InChI=1S/C19H25ClN4O2/c1-19(2,3)26-18(25)23(4)13-9-11-24(12-10-13)17-16(20)21-14-7-5-6-8-15(14)22-17/h5-8,13H,9-12H2,1-4H3. The first-order valence-electron chi connectivity index (χ1n) is 8.87. The van der Waals surface area contributed by atoms with E-state index in [1.165, 1.54) is 0 Å². The summed E-state index contributed by atoms with van der Waals surface area (Å²) >= 11 is 6.36. The number of anilines is 1. The number of amides is 1. The molecule has 2 aromatic rings. The molecule has 1 aromatic carbocycles. The van der Waals surface area contributed by atoms with Crippen molar-refractivity contribution in [2.75, 3.05) is 25.0 Å². The molecule has 0 N–H and O–H groups in total. The minimum absolute atomic E-state index is 0.147. The molecule has 0 spiro atoms. The molecular formula is C19H25ClN4O2. The van der Waals surface area contributed by atoms with E-state index in [0.29, 0.717) is 11.0 Å². The summed E-state index contributed by atoms with van der Waals surface area (Å²) in [5.74, 6) is 0.712. The minimum atomic E-state index is -0.486. The molecule has 0 aliphatic carbocycles. The van der Waals surface area contributed by atoms with Crippen LogP contribution < -0.4 is 4.90 Å². The van der Waals surface area contributed by atoms with E-state index in [-0.39, 0.29) is 12.1 Å². The fraction of sp³-hybridized carbons (Fsp3) is 0.526. The normalized spacial score (nSPS) is 16.0. The number of ether oxygens (including phenoxy) is 1. The van der Waals surface area contributed by atoms with Crippen LogP contribution >= 0.6 is 11.6 Å². The molecule has 0 radical (unpaired) electrons. The van der Waals surface area contributed by atoms with Gasteiger partial charge in [-0.05, 0) is 45.7 Å². The van der Waals surface area contributed by atoms with E-state index < -0.39 is 5.60 Å². The summed E-state index contributed by atoms with van der Waals surface area (Å²) in [7, 11) is 1.80. The van der Waals surface area contributed by atoms with Crippen molar-refractivity contribution in [1.29, 1.82) is 0 Å². The lowest BCUT2D eigenvalue weighted by Crippen LogP contribution is -2.47. The Morgan fingerprint density at radius 2 is 1.77 bits per heavy atom. The second-order valence-electron chi connectivity index (χ2n) is 7.64. The highest BCUT2D eigenvalue weighted by molar-refractivity contribution is 6.32. The largest absolute Gasteiger partial charge is 0.444 e. The molecular weight excluding hydrogens is 352 g/mol. The van der Waals surface area contributed by atoms with Gasteiger partial charge in [0.25, 0.3) is 0 Å². The second kappa shape index (κ2) is 7.27. The first kappa shape index (κ1) is 18.7.